The summed E-state index contributed by atoms with van der Waals surface area (Å²) < 4.78 is 4.86. The third-order valence-corrected chi connectivity index (χ3v) is 2.40. The number of allylic oxidation sites excluding steroid dienone is 1. The molecule has 0 radical (unpaired) electrons. The zero-order valence-corrected chi connectivity index (χ0v) is 6.71. The summed E-state index contributed by atoms with van der Waals surface area (Å²) >= 11 is 0. The molecule has 3 nitrogen and oxygen atoms in total. The highest BCUT2D eigenvalue weighted by Crippen LogP contribution is 2.29. The van der Waals surface area contributed by atoms with Crippen molar-refractivity contribution in [3.63, 3.8) is 0 Å². The van der Waals surface area contributed by atoms with Crippen LogP contribution < -0.4 is 0 Å². The Morgan fingerprint density at radius 3 is 3.08 bits per heavy atom. The van der Waals surface area contributed by atoms with E-state index in [1.54, 1.807) is 6.08 Å². The van der Waals surface area contributed by atoms with Gasteiger partial charge in [-0.25, -0.2) is 4.79 Å². The lowest BCUT2D eigenvalue weighted by atomic mass is 9.84. The molecule has 1 aliphatic heterocycles. The number of hydrogen-bond donors (Lipinski definition) is 0. The van der Waals surface area contributed by atoms with Crippen LogP contribution in [0.3, 0.4) is 0 Å². The van der Waals surface area contributed by atoms with Gasteiger partial charge in [-0.15, -0.1) is 0 Å². The predicted molar refractivity (Wildman–Crippen MR) is 41.4 cm³/mol. The van der Waals surface area contributed by atoms with Gasteiger partial charge in [0.25, 0.3) is 0 Å². The first-order valence-corrected chi connectivity index (χ1v) is 4.16. The molecule has 1 fully saturated rings. The molecule has 64 valence electrons. The predicted octanol–water partition coefficient (Wildman–Crippen LogP) is 0.839. The lowest BCUT2D eigenvalue weighted by molar-refractivity contribution is -0.143. The van der Waals surface area contributed by atoms with Crippen molar-refractivity contribution in [2.24, 2.45) is 5.92 Å². The standard InChI is InChI=1S/C9H10O3/c10-7-1-2-8-6(5-7)3-4-12-9(8)11/h2,6H,1,3-5H2. The SMILES string of the molecule is O=C1CC=C2C(=O)OCCC2C1. The fourth-order valence-corrected chi connectivity index (χ4v) is 1.74. The molecular formula is C9H10O3. The maximum absolute atomic E-state index is 11.1. The number of fused-ring (bicyclic) bond motifs is 1. The maximum atomic E-state index is 11.1. The van der Waals surface area contributed by atoms with Crippen LogP contribution in [-0.4, -0.2) is 18.4 Å². The van der Waals surface area contributed by atoms with Crippen molar-refractivity contribution in [3.05, 3.63) is 11.6 Å². The number of carbonyl (C=O) groups excluding carboxylic acids is 2. The average Bonchev–Trinajstić information content (AvgIpc) is 2.04. The Balaban J connectivity index is 2.25. The van der Waals surface area contributed by atoms with E-state index in [1.807, 2.05) is 0 Å². The van der Waals surface area contributed by atoms with Gasteiger partial charge in [-0.1, -0.05) is 6.08 Å². The summed E-state index contributed by atoms with van der Waals surface area (Å²) in [5.41, 5.74) is 0.723. The van der Waals surface area contributed by atoms with E-state index < -0.39 is 0 Å². The van der Waals surface area contributed by atoms with Crippen LogP contribution in [0.2, 0.25) is 0 Å². The van der Waals surface area contributed by atoms with Gasteiger partial charge in [0.05, 0.1) is 6.61 Å². The highest BCUT2D eigenvalue weighted by Gasteiger charge is 2.31. The minimum absolute atomic E-state index is 0.146. The molecule has 0 amide bonds. The Hall–Kier alpha value is -1.12. The van der Waals surface area contributed by atoms with E-state index in [0.29, 0.717) is 19.4 Å². The molecular weight excluding hydrogens is 156 g/mol. The fourth-order valence-electron chi connectivity index (χ4n) is 1.74. The number of carbonyl (C=O) groups is 2. The summed E-state index contributed by atoms with van der Waals surface area (Å²) in [5, 5.41) is 0. The Bertz CT molecular complexity index is 265. The van der Waals surface area contributed by atoms with Crippen molar-refractivity contribution in [2.75, 3.05) is 6.61 Å². The largest absolute Gasteiger partial charge is 0.462 e. The Kier molecular flexibility index (Phi) is 1.71. The molecule has 1 unspecified atom stereocenters. The number of rotatable bonds is 0. The number of esters is 1. The third-order valence-electron chi connectivity index (χ3n) is 2.40. The molecule has 0 N–H and O–H groups in total. The topological polar surface area (TPSA) is 43.4 Å². The van der Waals surface area contributed by atoms with Crippen LogP contribution >= 0.6 is 0 Å². The quantitative estimate of drug-likeness (QED) is 0.501. The van der Waals surface area contributed by atoms with Crippen LogP contribution in [0, 0.1) is 5.92 Å². The average molecular weight is 166 g/mol. The van der Waals surface area contributed by atoms with E-state index in [4.69, 9.17) is 4.74 Å². The van der Waals surface area contributed by atoms with Crippen molar-refractivity contribution >= 4 is 11.8 Å². The second kappa shape index (κ2) is 2.73. The van der Waals surface area contributed by atoms with Crippen molar-refractivity contribution in [2.45, 2.75) is 19.3 Å². The molecule has 12 heavy (non-hydrogen) atoms. The second-order valence-electron chi connectivity index (χ2n) is 3.23. The zero-order valence-electron chi connectivity index (χ0n) is 6.71. The third kappa shape index (κ3) is 1.15. The molecule has 1 heterocycles. The molecule has 2 rings (SSSR count). The van der Waals surface area contributed by atoms with Crippen molar-refractivity contribution in [1.82, 2.24) is 0 Å². The van der Waals surface area contributed by atoms with E-state index in [1.165, 1.54) is 0 Å². The van der Waals surface area contributed by atoms with Gasteiger partial charge in [0.15, 0.2) is 0 Å². The number of cyclic esters (lactones) is 1. The fraction of sp³-hybridized carbons (Fsp3) is 0.556. The molecule has 0 aromatic rings. The van der Waals surface area contributed by atoms with E-state index >= 15 is 0 Å². The molecule has 1 aliphatic carbocycles. The van der Waals surface area contributed by atoms with Crippen LogP contribution in [-0.2, 0) is 14.3 Å². The maximum Gasteiger partial charge on any atom is 0.333 e. The molecule has 1 atom stereocenters. The smallest absolute Gasteiger partial charge is 0.333 e. The van der Waals surface area contributed by atoms with Gasteiger partial charge in [-0.05, 0) is 6.42 Å². The Morgan fingerprint density at radius 2 is 2.25 bits per heavy atom. The number of ketones is 1. The van der Waals surface area contributed by atoms with Gasteiger partial charge < -0.3 is 4.74 Å². The van der Waals surface area contributed by atoms with Crippen LogP contribution in [0.1, 0.15) is 19.3 Å². The number of hydrogen-bond acceptors (Lipinski definition) is 3. The summed E-state index contributed by atoms with van der Waals surface area (Å²) in [4.78, 5) is 22.2. The first-order chi connectivity index (χ1) is 5.77. The van der Waals surface area contributed by atoms with E-state index in [9.17, 15) is 9.59 Å². The molecule has 0 aromatic heterocycles. The molecule has 3 heteroatoms. The molecule has 0 spiro atoms. The summed E-state index contributed by atoms with van der Waals surface area (Å²) in [5.74, 6) is 0.157. The second-order valence-corrected chi connectivity index (χ2v) is 3.23. The molecule has 0 aromatic carbocycles. The van der Waals surface area contributed by atoms with Crippen molar-refractivity contribution < 1.29 is 14.3 Å². The van der Waals surface area contributed by atoms with Gasteiger partial charge in [-0.3, -0.25) is 4.79 Å². The van der Waals surface area contributed by atoms with Crippen LogP contribution in [0.25, 0.3) is 0 Å². The summed E-state index contributed by atoms with van der Waals surface area (Å²) in [6.07, 6.45) is 3.46. The van der Waals surface area contributed by atoms with Crippen LogP contribution in [0.5, 0.6) is 0 Å². The first kappa shape index (κ1) is 7.53. The lowest BCUT2D eigenvalue weighted by Crippen LogP contribution is -2.28. The van der Waals surface area contributed by atoms with E-state index in [2.05, 4.69) is 0 Å². The summed E-state index contributed by atoms with van der Waals surface area (Å²) in [7, 11) is 0. The van der Waals surface area contributed by atoms with Gasteiger partial charge in [0.2, 0.25) is 0 Å². The molecule has 0 bridgehead atoms. The van der Waals surface area contributed by atoms with Gasteiger partial charge in [0.1, 0.15) is 5.78 Å². The van der Waals surface area contributed by atoms with Crippen molar-refractivity contribution in [1.29, 1.82) is 0 Å². The van der Waals surface area contributed by atoms with Gasteiger partial charge in [0, 0.05) is 24.3 Å². The zero-order chi connectivity index (χ0) is 8.55. The highest BCUT2D eigenvalue weighted by atomic mass is 16.5. The van der Waals surface area contributed by atoms with Gasteiger partial charge in [-0.2, -0.15) is 0 Å². The Labute approximate surface area is 70.4 Å². The minimum atomic E-state index is -0.223. The van der Waals surface area contributed by atoms with Crippen molar-refractivity contribution in [3.8, 4) is 0 Å². The monoisotopic (exact) mass is 166 g/mol. The van der Waals surface area contributed by atoms with Gasteiger partial charge >= 0.3 is 5.97 Å². The normalized spacial score (nSPS) is 29.0. The minimum Gasteiger partial charge on any atom is -0.462 e. The number of Topliss-reactive ketones (excluding diaryl/α,β-unsaturated/α-hetero) is 1. The molecule has 2 aliphatic rings. The molecule has 0 saturated carbocycles. The van der Waals surface area contributed by atoms with Crippen LogP contribution in [0.4, 0.5) is 0 Å². The van der Waals surface area contributed by atoms with E-state index in [0.717, 1.165) is 12.0 Å². The summed E-state index contributed by atoms with van der Waals surface area (Å²) in [6, 6.07) is 0. The number of ether oxygens (including phenoxy) is 1. The lowest BCUT2D eigenvalue weighted by Gasteiger charge is -2.26. The van der Waals surface area contributed by atoms with E-state index in [-0.39, 0.29) is 17.7 Å². The molecule has 1 saturated heterocycles. The summed E-state index contributed by atoms with van der Waals surface area (Å²) in [6.45, 7) is 0.466. The highest BCUT2D eigenvalue weighted by molar-refractivity contribution is 5.94. The van der Waals surface area contributed by atoms with Crippen LogP contribution in [0.15, 0.2) is 11.6 Å². The Morgan fingerprint density at radius 1 is 1.42 bits per heavy atom. The first-order valence-electron chi connectivity index (χ1n) is 4.16.